The van der Waals surface area contributed by atoms with Crippen LogP contribution < -0.4 is 5.32 Å². The number of hydrogen-bond donors (Lipinski definition) is 1. The molecule has 0 saturated carbocycles. The molecule has 0 aliphatic heterocycles. The monoisotopic (exact) mass is 242 g/mol. The van der Waals surface area contributed by atoms with E-state index in [1.165, 1.54) is 5.56 Å². The smallest absolute Gasteiger partial charge is 0.132 e. The van der Waals surface area contributed by atoms with E-state index >= 15 is 0 Å². The fourth-order valence-electron chi connectivity index (χ4n) is 2.05. The number of pyridine rings is 1. The van der Waals surface area contributed by atoms with Gasteiger partial charge in [0.2, 0.25) is 0 Å². The van der Waals surface area contributed by atoms with Gasteiger partial charge < -0.3 is 5.32 Å². The minimum absolute atomic E-state index is 0.382. The van der Waals surface area contributed by atoms with E-state index in [0.717, 1.165) is 23.6 Å². The molecular formula is C14H18N4. The van der Waals surface area contributed by atoms with Crippen LogP contribution in [0.25, 0.3) is 0 Å². The Morgan fingerprint density at radius 1 is 1.17 bits per heavy atom. The van der Waals surface area contributed by atoms with Crippen molar-refractivity contribution in [1.82, 2.24) is 15.0 Å². The third-order valence-corrected chi connectivity index (χ3v) is 2.86. The molecule has 0 fully saturated rings. The number of hydrogen-bond acceptors (Lipinski definition) is 4. The number of rotatable bonds is 4. The quantitative estimate of drug-likeness (QED) is 0.895. The summed E-state index contributed by atoms with van der Waals surface area (Å²) < 4.78 is 0. The van der Waals surface area contributed by atoms with Crippen LogP contribution in [0.2, 0.25) is 0 Å². The van der Waals surface area contributed by atoms with Gasteiger partial charge in [-0.25, -0.2) is 9.97 Å². The van der Waals surface area contributed by atoms with E-state index in [1.54, 1.807) is 6.33 Å². The molecule has 0 atom stereocenters. The molecule has 0 aliphatic carbocycles. The van der Waals surface area contributed by atoms with Gasteiger partial charge in [0.15, 0.2) is 0 Å². The van der Waals surface area contributed by atoms with Gasteiger partial charge in [-0.3, -0.25) is 4.98 Å². The molecule has 2 rings (SSSR count). The van der Waals surface area contributed by atoms with Crippen LogP contribution in [0, 0.1) is 0 Å². The van der Waals surface area contributed by atoms with E-state index in [1.807, 2.05) is 31.4 Å². The second-order valence-electron chi connectivity index (χ2n) is 4.49. The Bertz CT molecular complexity index is 508. The zero-order valence-electron chi connectivity index (χ0n) is 11.0. The van der Waals surface area contributed by atoms with Gasteiger partial charge in [0, 0.05) is 30.9 Å². The molecule has 4 heteroatoms. The zero-order chi connectivity index (χ0) is 13.0. The Balaban J connectivity index is 2.38. The Morgan fingerprint density at radius 2 is 2.00 bits per heavy atom. The van der Waals surface area contributed by atoms with Crippen molar-refractivity contribution in [2.45, 2.75) is 26.2 Å². The first-order valence-corrected chi connectivity index (χ1v) is 6.13. The topological polar surface area (TPSA) is 50.7 Å². The molecule has 2 heterocycles. The standard InChI is InChI=1S/C14H18N4/c1-10(2)13-12(17-9-18-14(13)15-3)8-11-6-4-5-7-16-11/h4-7,9-10H,8H2,1-3H3,(H,15,17,18). The van der Waals surface area contributed by atoms with Crippen molar-refractivity contribution in [3.63, 3.8) is 0 Å². The first-order chi connectivity index (χ1) is 8.72. The lowest BCUT2D eigenvalue weighted by Crippen LogP contribution is -2.08. The molecule has 0 unspecified atom stereocenters. The van der Waals surface area contributed by atoms with Gasteiger partial charge in [-0.05, 0) is 18.1 Å². The molecule has 2 aromatic heterocycles. The molecule has 0 aromatic carbocycles. The van der Waals surface area contributed by atoms with Gasteiger partial charge in [0.05, 0.1) is 5.69 Å². The lowest BCUT2D eigenvalue weighted by atomic mass is 9.99. The van der Waals surface area contributed by atoms with Crippen LogP contribution in [0.15, 0.2) is 30.7 Å². The highest BCUT2D eigenvalue weighted by Gasteiger charge is 2.14. The van der Waals surface area contributed by atoms with Crippen LogP contribution in [0.4, 0.5) is 5.82 Å². The van der Waals surface area contributed by atoms with E-state index in [4.69, 9.17) is 0 Å². The van der Waals surface area contributed by atoms with Crippen LogP contribution in [0.3, 0.4) is 0 Å². The molecule has 4 nitrogen and oxygen atoms in total. The van der Waals surface area contributed by atoms with E-state index in [2.05, 4.69) is 34.1 Å². The normalized spacial score (nSPS) is 10.7. The van der Waals surface area contributed by atoms with Gasteiger partial charge in [0.1, 0.15) is 12.1 Å². The molecule has 94 valence electrons. The number of nitrogens with zero attached hydrogens (tertiary/aromatic N) is 3. The number of nitrogens with one attached hydrogen (secondary N) is 1. The molecule has 0 radical (unpaired) electrons. The van der Waals surface area contributed by atoms with Crippen molar-refractivity contribution in [3.8, 4) is 0 Å². The Morgan fingerprint density at radius 3 is 2.61 bits per heavy atom. The Kier molecular flexibility index (Phi) is 3.87. The maximum atomic E-state index is 4.41. The highest BCUT2D eigenvalue weighted by molar-refractivity contribution is 5.48. The minimum Gasteiger partial charge on any atom is -0.373 e. The Labute approximate surface area is 108 Å². The van der Waals surface area contributed by atoms with Crippen LogP contribution >= 0.6 is 0 Å². The van der Waals surface area contributed by atoms with Crippen molar-refractivity contribution in [2.24, 2.45) is 0 Å². The summed E-state index contributed by atoms with van der Waals surface area (Å²) in [5, 5.41) is 3.13. The molecule has 0 bridgehead atoms. The summed E-state index contributed by atoms with van der Waals surface area (Å²) in [5.74, 6) is 1.29. The summed E-state index contributed by atoms with van der Waals surface area (Å²) in [5.41, 5.74) is 3.24. The van der Waals surface area contributed by atoms with Crippen molar-refractivity contribution >= 4 is 5.82 Å². The van der Waals surface area contributed by atoms with Gasteiger partial charge in [0.25, 0.3) is 0 Å². The highest BCUT2D eigenvalue weighted by Crippen LogP contribution is 2.25. The van der Waals surface area contributed by atoms with Crippen LogP contribution in [0.5, 0.6) is 0 Å². The molecule has 0 aliphatic rings. The second kappa shape index (κ2) is 5.58. The number of anilines is 1. The van der Waals surface area contributed by atoms with Gasteiger partial charge >= 0.3 is 0 Å². The van der Waals surface area contributed by atoms with Gasteiger partial charge in [-0.15, -0.1) is 0 Å². The van der Waals surface area contributed by atoms with Crippen molar-refractivity contribution in [1.29, 1.82) is 0 Å². The first kappa shape index (κ1) is 12.5. The molecular weight excluding hydrogens is 224 g/mol. The first-order valence-electron chi connectivity index (χ1n) is 6.13. The summed E-state index contributed by atoms with van der Waals surface area (Å²) >= 11 is 0. The maximum Gasteiger partial charge on any atom is 0.132 e. The second-order valence-corrected chi connectivity index (χ2v) is 4.49. The summed E-state index contributed by atoms with van der Waals surface area (Å²) in [6.07, 6.45) is 4.16. The van der Waals surface area contributed by atoms with E-state index in [9.17, 15) is 0 Å². The summed E-state index contributed by atoms with van der Waals surface area (Å²) in [7, 11) is 1.89. The van der Waals surface area contributed by atoms with Crippen molar-refractivity contribution in [2.75, 3.05) is 12.4 Å². The Hall–Kier alpha value is -1.97. The highest BCUT2D eigenvalue weighted by atomic mass is 15.0. The van der Waals surface area contributed by atoms with E-state index < -0.39 is 0 Å². The molecule has 0 saturated heterocycles. The van der Waals surface area contributed by atoms with Crippen LogP contribution in [0.1, 0.15) is 36.7 Å². The third kappa shape index (κ3) is 2.64. The van der Waals surface area contributed by atoms with Gasteiger partial charge in [-0.1, -0.05) is 19.9 Å². The lowest BCUT2D eigenvalue weighted by molar-refractivity contribution is 0.814. The van der Waals surface area contributed by atoms with Crippen LogP contribution in [-0.2, 0) is 6.42 Å². The van der Waals surface area contributed by atoms with Crippen LogP contribution in [-0.4, -0.2) is 22.0 Å². The minimum atomic E-state index is 0.382. The fourth-order valence-corrected chi connectivity index (χ4v) is 2.05. The zero-order valence-corrected chi connectivity index (χ0v) is 11.0. The summed E-state index contributed by atoms with van der Waals surface area (Å²) in [6, 6.07) is 5.94. The molecule has 0 spiro atoms. The molecule has 1 N–H and O–H groups in total. The lowest BCUT2D eigenvalue weighted by Gasteiger charge is -2.15. The fraction of sp³-hybridized carbons (Fsp3) is 0.357. The predicted octanol–water partition coefficient (Wildman–Crippen LogP) is 2.63. The van der Waals surface area contributed by atoms with E-state index in [0.29, 0.717) is 5.92 Å². The molecule has 0 amide bonds. The summed E-state index contributed by atoms with van der Waals surface area (Å²) in [6.45, 7) is 4.31. The average molecular weight is 242 g/mol. The molecule has 18 heavy (non-hydrogen) atoms. The van der Waals surface area contributed by atoms with E-state index in [-0.39, 0.29) is 0 Å². The molecule has 2 aromatic rings. The SMILES string of the molecule is CNc1ncnc(Cc2ccccn2)c1C(C)C. The largest absolute Gasteiger partial charge is 0.373 e. The number of aromatic nitrogens is 3. The maximum absolute atomic E-state index is 4.41. The van der Waals surface area contributed by atoms with Crippen molar-refractivity contribution in [3.05, 3.63) is 47.7 Å². The van der Waals surface area contributed by atoms with Gasteiger partial charge in [-0.2, -0.15) is 0 Å². The average Bonchev–Trinajstić information content (AvgIpc) is 2.39. The summed E-state index contributed by atoms with van der Waals surface area (Å²) in [4.78, 5) is 13.0. The van der Waals surface area contributed by atoms with Crippen molar-refractivity contribution < 1.29 is 0 Å². The third-order valence-electron chi connectivity index (χ3n) is 2.86. The predicted molar refractivity (Wildman–Crippen MR) is 72.7 cm³/mol.